The summed E-state index contributed by atoms with van der Waals surface area (Å²) in [5.74, 6) is 0.661. The smallest absolute Gasteiger partial charge is 0.149 e. The molecule has 0 aliphatic heterocycles. The highest BCUT2D eigenvalue weighted by atomic mass is 79.9. The molecule has 2 N–H and O–H groups in total. The van der Waals surface area contributed by atoms with Gasteiger partial charge >= 0.3 is 0 Å². The minimum absolute atomic E-state index is 0.0699. The molecular weight excluding hydrogens is 306 g/mol. The summed E-state index contributed by atoms with van der Waals surface area (Å²) >= 11 is 3.37. The van der Waals surface area contributed by atoms with Crippen molar-refractivity contribution in [2.24, 2.45) is 5.73 Å². The summed E-state index contributed by atoms with van der Waals surface area (Å²) in [6.45, 7) is 2.48. The van der Waals surface area contributed by atoms with E-state index >= 15 is 0 Å². The maximum absolute atomic E-state index is 11.2. The second-order valence-electron chi connectivity index (χ2n) is 3.82. The molecule has 1 unspecified atom stereocenters. The monoisotopic (exact) mass is 321 g/mol. The standard InChI is InChI=1S/C11H16BrNO3S/c1-3-16-8-4-5-9(10(12)6-8)11(13)7-17(2,14)15/h4-6,11H,3,7,13H2,1-2H3. The van der Waals surface area contributed by atoms with Crippen LogP contribution < -0.4 is 10.5 Å². The molecule has 96 valence electrons. The zero-order chi connectivity index (χ0) is 13.1. The maximum Gasteiger partial charge on any atom is 0.149 e. The van der Waals surface area contributed by atoms with Gasteiger partial charge in [-0.2, -0.15) is 0 Å². The summed E-state index contributed by atoms with van der Waals surface area (Å²) in [7, 11) is -3.09. The minimum atomic E-state index is -3.09. The van der Waals surface area contributed by atoms with Crippen molar-refractivity contribution < 1.29 is 13.2 Å². The second-order valence-corrected chi connectivity index (χ2v) is 6.85. The Labute approximate surface area is 110 Å². The van der Waals surface area contributed by atoms with Gasteiger partial charge in [0, 0.05) is 16.8 Å². The van der Waals surface area contributed by atoms with Crippen LogP contribution in [0.25, 0.3) is 0 Å². The van der Waals surface area contributed by atoms with Crippen LogP contribution in [0.5, 0.6) is 5.75 Å². The highest BCUT2D eigenvalue weighted by Gasteiger charge is 2.16. The van der Waals surface area contributed by atoms with E-state index in [1.807, 2.05) is 6.92 Å². The number of sulfone groups is 1. The van der Waals surface area contributed by atoms with Gasteiger partial charge in [-0.25, -0.2) is 8.42 Å². The van der Waals surface area contributed by atoms with Gasteiger partial charge in [0.05, 0.1) is 12.4 Å². The van der Waals surface area contributed by atoms with Crippen molar-refractivity contribution in [2.75, 3.05) is 18.6 Å². The van der Waals surface area contributed by atoms with E-state index in [-0.39, 0.29) is 5.75 Å². The fraction of sp³-hybridized carbons (Fsp3) is 0.455. The highest BCUT2D eigenvalue weighted by Crippen LogP contribution is 2.27. The molecular formula is C11H16BrNO3S. The topological polar surface area (TPSA) is 69.4 Å². The molecule has 1 atom stereocenters. The van der Waals surface area contributed by atoms with Gasteiger partial charge in [0.15, 0.2) is 0 Å². The summed E-state index contributed by atoms with van der Waals surface area (Å²) in [5.41, 5.74) is 6.62. The van der Waals surface area contributed by atoms with Gasteiger partial charge in [-0.1, -0.05) is 22.0 Å². The number of rotatable bonds is 5. The lowest BCUT2D eigenvalue weighted by molar-refractivity contribution is 0.340. The first-order chi connectivity index (χ1) is 7.83. The lowest BCUT2D eigenvalue weighted by Crippen LogP contribution is -2.21. The summed E-state index contributed by atoms with van der Waals surface area (Å²) in [6, 6.07) is 4.83. The Bertz CT molecular complexity index is 487. The number of halogens is 1. The van der Waals surface area contributed by atoms with Gasteiger partial charge in [0.1, 0.15) is 15.6 Å². The molecule has 0 saturated heterocycles. The van der Waals surface area contributed by atoms with Crippen LogP contribution in [-0.2, 0) is 9.84 Å². The van der Waals surface area contributed by atoms with Crippen LogP contribution in [0.1, 0.15) is 18.5 Å². The van der Waals surface area contributed by atoms with E-state index in [1.54, 1.807) is 18.2 Å². The summed E-state index contributed by atoms with van der Waals surface area (Å²) in [4.78, 5) is 0. The Morgan fingerprint density at radius 2 is 2.12 bits per heavy atom. The Hall–Kier alpha value is -0.590. The largest absolute Gasteiger partial charge is 0.494 e. The fourth-order valence-corrected chi connectivity index (χ4v) is 2.96. The third-order valence-corrected chi connectivity index (χ3v) is 3.82. The summed E-state index contributed by atoms with van der Waals surface area (Å²) in [6.07, 6.45) is 1.18. The predicted octanol–water partition coefficient (Wildman–Crippen LogP) is 1.89. The number of ether oxygens (including phenoxy) is 1. The lowest BCUT2D eigenvalue weighted by atomic mass is 10.1. The first kappa shape index (κ1) is 14.5. The Morgan fingerprint density at radius 1 is 1.47 bits per heavy atom. The molecule has 1 aromatic carbocycles. The van der Waals surface area contributed by atoms with Crippen LogP contribution in [0.15, 0.2) is 22.7 Å². The third kappa shape index (κ3) is 4.65. The van der Waals surface area contributed by atoms with E-state index in [0.29, 0.717) is 6.61 Å². The molecule has 1 aromatic rings. The maximum atomic E-state index is 11.2. The van der Waals surface area contributed by atoms with E-state index < -0.39 is 15.9 Å². The summed E-state index contributed by atoms with van der Waals surface area (Å²) < 4.78 is 28.4. The van der Waals surface area contributed by atoms with E-state index in [1.165, 1.54) is 6.26 Å². The van der Waals surface area contributed by atoms with Crippen molar-refractivity contribution in [1.29, 1.82) is 0 Å². The van der Waals surface area contributed by atoms with Crippen molar-refractivity contribution in [3.63, 3.8) is 0 Å². The molecule has 0 heterocycles. The summed E-state index contributed by atoms with van der Waals surface area (Å²) in [5, 5.41) is 0. The van der Waals surface area contributed by atoms with Crippen LogP contribution >= 0.6 is 15.9 Å². The van der Waals surface area contributed by atoms with Crippen LogP contribution in [-0.4, -0.2) is 27.0 Å². The molecule has 6 heteroatoms. The fourth-order valence-electron chi connectivity index (χ4n) is 1.48. The van der Waals surface area contributed by atoms with Crippen molar-refractivity contribution in [2.45, 2.75) is 13.0 Å². The molecule has 4 nitrogen and oxygen atoms in total. The number of nitrogens with two attached hydrogens (primary N) is 1. The van der Waals surface area contributed by atoms with Gasteiger partial charge in [-0.05, 0) is 24.6 Å². The molecule has 0 saturated carbocycles. The highest BCUT2D eigenvalue weighted by molar-refractivity contribution is 9.10. The Kier molecular flexibility index (Phi) is 4.97. The molecule has 17 heavy (non-hydrogen) atoms. The van der Waals surface area contributed by atoms with Crippen molar-refractivity contribution in [3.8, 4) is 5.75 Å². The van der Waals surface area contributed by atoms with Gasteiger partial charge in [0.25, 0.3) is 0 Å². The van der Waals surface area contributed by atoms with Crippen LogP contribution in [0.3, 0.4) is 0 Å². The zero-order valence-electron chi connectivity index (χ0n) is 9.81. The molecule has 0 amide bonds. The van der Waals surface area contributed by atoms with Crippen molar-refractivity contribution >= 4 is 25.8 Å². The average Bonchev–Trinajstić information content (AvgIpc) is 2.15. The van der Waals surface area contributed by atoms with Crippen LogP contribution in [0.4, 0.5) is 0 Å². The molecule has 0 aromatic heterocycles. The SMILES string of the molecule is CCOc1ccc(C(N)CS(C)(=O)=O)c(Br)c1. The first-order valence-corrected chi connectivity index (χ1v) is 8.04. The average molecular weight is 322 g/mol. The number of benzene rings is 1. The normalized spacial score (nSPS) is 13.4. The number of hydrogen-bond acceptors (Lipinski definition) is 4. The zero-order valence-corrected chi connectivity index (χ0v) is 12.2. The molecule has 0 fully saturated rings. The quantitative estimate of drug-likeness (QED) is 0.899. The molecule has 0 radical (unpaired) electrons. The molecule has 1 rings (SSSR count). The first-order valence-electron chi connectivity index (χ1n) is 5.19. The van der Waals surface area contributed by atoms with E-state index in [9.17, 15) is 8.42 Å². The van der Waals surface area contributed by atoms with Gasteiger partial charge in [-0.3, -0.25) is 0 Å². The number of hydrogen-bond donors (Lipinski definition) is 1. The lowest BCUT2D eigenvalue weighted by Gasteiger charge is -2.14. The van der Waals surface area contributed by atoms with E-state index in [0.717, 1.165) is 15.8 Å². The molecule has 0 aliphatic rings. The Morgan fingerprint density at radius 3 is 2.59 bits per heavy atom. The predicted molar refractivity (Wildman–Crippen MR) is 72.0 cm³/mol. The van der Waals surface area contributed by atoms with Gasteiger partial charge in [-0.15, -0.1) is 0 Å². The molecule has 0 spiro atoms. The van der Waals surface area contributed by atoms with Crippen molar-refractivity contribution in [1.82, 2.24) is 0 Å². The van der Waals surface area contributed by atoms with Crippen LogP contribution in [0, 0.1) is 0 Å². The third-order valence-electron chi connectivity index (χ3n) is 2.16. The minimum Gasteiger partial charge on any atom is -0.494 e. The molecule has 0 bridgehead atoms. The van der Waals surface area contributed by atoms with Crippen molar-refractivity contribution in [3.05, 3.63) is 28.2 Å². The van der Waals surface area contributed by atoms with E-state index in [2.05, 4.69) is 15.9 Å². The molecule has 0 aliphatic carbocycles. The van der Waals surface area contributed by atoms with Gasteiger partial charge in [0.2, 0.25) is 0 Å². The van der Waals surface area contributed by atoms with Crippen LogP contribution in [0.2, 0.25) is 0 Å². The van der Waals surface area contributed by atoms with E-state index in [4.69, 9.17) is 10.5 Å². The van der Waals surface area contributed by atoms with Gasteiger partial charge < -0.3 is 10.5 Å². The second kappa shape index (κ2) is 5.84. The Balaban J connectivity index is 2.92.